The van der Waals surface area contributed by atoms with Gasteiger partial charge in [0.25, 0.3) is 0 Å². The molecule has 3 aromatic carbocycles. The number of fused-ring (bicyclic) bond motifs is 3. The van der Waals surface area contributed by atoms with E-state index in [1.54, 1.807) is 0 Å². The highest BCUT2D eigenvalue weighted by molar-refractivity contribution is 6.02. The molecule has 0 amide bonds. The highest BCUT2D eigenvalue weighted by Gasteiger charge is 2.32. The molecule has 0 unspecified atom stereocenters. The Morgan fingerprint density at radius 3 is 2.40 bits per heavy atom. The fraction of sp³-hybridized carbons (Fsp3) is 0.200. The molecule has 5 heteroatoms. The third-order valence-corrected chi connectivity index (χ3v) is 9.65. The first kappa shape index (κ1) is 31.6. The van der Waals surface area contributed by atoms with E-state index in [1.165, 1.54) is 27.8 Å². The Labute approximate surface area is 295 Å². The standard InChI is InChI=1S/C45H41N5/c1-4-5-6-7-17-42-48-44(50-45(49-42)37-14-9-8-13-30(37)3)36-25-33(31-18-19-32(23-29(2)22-31)43-46-20-12-21-47-43)24-34(26-36)40-27-35-28-41(35)39-16-11-10-15-38(39)40/h4-11,13-16,18-19,22-29,41H,12,17,20-21H2,1-3H3,(H,46,47)/b5-4-,7-6-/t29-,41+/m1/s1. The number of rotatable bonds is 8. The van der Waals surface area contributed by atoms with E-state index in [4.69, 9.17) is 19.9 Å². The summed E-state index contributed by atoms with van der Waals surface area (Å²) in [7, 11) is 0. The number of nitrogens with one attached hydrogen (secondary N) is 1. The van der Waals surface area contributed by atoms with Gasteiger partial charge >= 0.3 is 0 Å². The van der Waals surface area contributed by atoms with Gasteiger partial charge in [-0.2, -0.15) is 0 Å². The molecule has 5 nitrogen and oxygen atoms in total. The smallest absolute Gasteiger partial charge is 0.163 e. The monoisotopic (exact) mass is 651 g/mol. The normalized spacial score (nSPS) is 19.5. The highest BCUT2D eigenvalue weighted by atomic mass is 15.0. The Hall–Kier alpha value is -5.68. The van der Waals surface area contributed by atoms with Gasteiger partial charge in [-0.05, 0) is 95.0 Å². The molecule has 246 valence electrons. The Bertz CT molecular complexity index is 2240. The van der Waals surface area contributed by atoms with Crippen molar-refractivity contribution in [3.05, 3.63) is 172 Å². The minimum Gasteiger partial charge on any atom is -0.370 e. The van der Waals surface area contributed by atoms with Crippen LogP contribution in [0.25, 0.3) is 33.9 Å². The summed E-state index contributed by atoms with van der Waals surface area (Å²) >= 11 is 0. The molecule has 0 spiro atoms. The fourth-order valence-electron chi connectivity index (χ4n) is 7.06. The van der Waals surface area contributed by atoms with Gasteiger partial charge in [0.2, 0.25) is 0 Å². The van der Waals surface area contributed by atoms with Crippen molar-refractivity contribution >= 4 is 17.0 Å². The number of hydrogen-bond donors (Lipinski definition) is 1. The van der Waals surface area contributed by atoms with Gasteiger partial charge in [0.1, 0.15) is 11.7 Å². The van der Waals surface area contributed by atoms with Crippen LogP contribution in [-0.2, 0) is 6.42 Å². The lowest BCUT2D eigenvalue weighted by Crippen LogP contribution is -2.30. The summed E-state index contributed by atoms with van der Waals surface area (Å²) in [6.45, 7) is 8.20. The van der Waals surface area contributed by atoms with Crippen LogP contribution in [0.15, 0.2) is 144 Å². The van der Waals surface area contributed by atoms with Crippen LogP contribution in [0, 0.1) is 12.8 Å². The van der Waals surface area contributed by atoms with Crippen molar-refractivity contribution in [3.63, 3.8) is 0 Å². The minimum absolute atomic E-state index is 0.223. The maximum Gasteiger partial charge on any atom is 0.163 e. The van der Waals surface area contributed by atoms with Crippen LogP contribution in [-0.4, -0.2) is 33.9 Å². The minimum atomic E-state index is 0.223. The fourth-order valence-corrected chi connectivity index (χ4v) is 7.06. The Kier molecular flexibility index (Phi) is 8.64. The van der Waals surface area contributed by atoms with Gasteiger partial charge in [0.05, 0.1) is 0 Å². The molecule has 1 N–H and O–H groups in total. The van der Waals surface area contributed by atoms with E-state index in [1.807, 2.05) is 31.2 Å². The second-order valence-electron chi connectivity index (χ2n) is 13.4. The number of aliphatic imine (C=N–C) groups is 1. The molecule has 1 aromatic heterocycles. The number of aryl methyl sites for hydroxylation is 1. The van der Waals surface area contributed by atoms with Gasteiger partial charge in [0, 0.05) is 42.1 Å². The van der Waals surface area contributed by atoms with Crippen LogP contribution < -0.4 is 5.32 Å². The molecule has 0 saturated carbocycles. The van der Waals surface area contributed by atoms with Gasteiger partial charge in [-0.3, -0.25) is 4.99 Å². The summed E-state index contributed by atoms with van der Waals surface area (Å²) in [6.07, 6.45) is 23.7. The lowest BCUT2D eigenvalue weighted by atomic mass is 9.84. The maximum absolute atomic E-state index is 5.16. The van der Waals surface area contributed by atoms with Crippen molar-refractivity contribution < 1.29 is 0 Å². The van der Waals surface area contributed by atoms with Gasteiger partial charge in [-0.15, -0.1) is 0 Å². The molecule has 3 aliphatic carbocycles. The van der Waals surface area contributed by atoms with Crippen molar-refractivity contribution in [3.8, 4) is 22.8 Å². The first-order valence-corrected chi connectivity index (χ1v) is 17.7. The van der Waals surface area contributed by atoms with E-state index in [0.29, 0.717) is 24.0 Å². The molecule has 0 bridgehead atoms. The SMILES string of the molecule is C/C=C\C=C/Cc1nc(-c2cc(C3=C[C@@H](C)C=C(C4=NCCCN4)C=C3)cc(C3=CC4=C[C@@H]4c4ccccc43)c2)nc(-c2ccccc2C)n1. The van der Waals surface area contributed by atoms with E-state index < -0.39 is 0 Å². The number of nitrogens with zero attached hydrogens (tertiary/aromatic N) is 4. The van der Waals surface area contributed by atoms with E-state index >= 15 is 0 Å². The zero-order valence-electron chi connectivity index (χ0n) is 28.9. The molecule has 2 atom stereocenters. The molecule has 0 radical (unpaired) electrons. The second kappa shape index (κ2) is 13.7. The quantitative estimate of drug-likeness (QED) is 0.193. The molecule has 0 fully saturated rings. The summed E-state index contributed by atoms with van der Waals surface area (Å²) in [4.78, 5) is 20.0. The number of hydrogen-bond acceptors (Lipinski definition) is 5. The maximum atomic E-state index is 5.16. The molecule has 2 heterocycles. The average molecular weight is 652 g/mol. The van der Waals surface area contributed by atoms with Crippen LogP contribution in [0.4, 0.5) is 0 Å². The van der Waals surface area contributed by atoms with Crippen molar-refractivity contribution in [1.29, 1.82) is 0 Å². The highest BCUT2D eigenvalue weighted by Crippen LogP contribution is 2.50. The van der Waals surface area contributed by atoms with Crippen LogP contribution in [0.3, 0.4) is 0 Å². The number of benzene rings is 3. The lowest BCUT2D eigenvalue weighted by molar-refractivity contribution is 0.741. The van der Waals surface area contributed by atoms with Crippen molar-refractivity contribution in [1.82, 2.24) is 20.3 Å². The zero-order valence-corrected chi connectivity index (χ0v) is 28.9. The summed E-state index contributed by atoms with van der Waals surface area (Å²) < 4.78 is 0. The Morgan fingerprint density at radius 1 is 0.800 bits per heavy atom. The largest absolute Gasteiger partial charge is 0.370 e. The van der Waals surface area contributed by atoms with Gasteiger partial charge in [0.15, 0.2) is 11.6 Å². The van der Waals surface area contributed by atoms with Crippen LogP contribution in [0.1, 0.15) is 59.8 Å². The molecule has 4 aliphatic rings. The first-order valence-electron chi connectivity index (χ1n) is 17.7. The molecule has 8 rings (SSSR count). The third-order valence-electron chi connectivity index (χ3n) is 9.65. The summed E-state index contributed by atoms with van der Waals surface area (Å²) in [5.74, 6) is 3.76. The molecule has 0 saturated heterocycles. The van der Waals surface area contributed by atoms with E-state index in [-0.39, 0.29) is 5.92 Å². The van der Waals surface area contributed by atoms with Gasteiger partial charge in [-0.1, -0.05) is 110 Å². The predicted molar refractivity (Wildman–Crippen MR) is 207 cm³/mol. The summed E-state index contributed by atoms with van der Waals surface area (Å²) in [5.41, 5.74) is 13.0. The van der Waals surface area contributed by atoms with Crippen molar-refractivity contribution in [2.24, 2.45) is 10.9 Å². The molecular weight excluding hydrogens is 611 g/mol. The second-order valence-corrected chi connectivity index (χ2v) is 13.4. The summed E-state index contributed by atoms with van der Waals surface area (Å²) in [5, 5.41) is 3.50. The number of amidine groups is 1. The van der Waals surface area contributed by atoms with E-state index in [0.717, 1.165) is 64.6 Å². The predicted octanol–water partition coefficient (Wildman–Crippen LogP) is 9.57. The van der Waals surface area contributed by atoms with Gasteiger partial charge < -0.3 is 5.32 Å². The van der Waals surface area contributed by atoms with E-state index in [2.05, 4.69) is 122 Å². The van der Waals surface area contributed by atoms with Crippen LogP contribution in [0.2, 0.25) is 0 Å². The van der Waals surface area contributed by atoms with Crippen LogP contribution in [0.5, 0.6) is 0 Å². The van der Waals surface area contributed by atoms with Gasteiger partial charge in [-0.25, -0.2) is 15.0 Å². The third kappa shape index (κ3) is 6.51. The molecule has 1 aliphatic heterocycles. The number of allylic oxidation sites excluding steroid dienone is 11. The Balaban J connectivity index is 1.29. The molecule has 50 heavy (non-hydrogen) atoms. The van der Waals surface area contributed by atoms with Crippen LogP contribution >= 0.6 is 0 Å². The zero-order chi connectivity index (χ0) is 34.0. The number of aromatic nitrogens is 3. The molecule has 4 aromatic rings. The van der Waals surface area contributed by atoms with Crippen molar-refractivity contribution in [2.45, 2.75) is 39.5 Å². The summed E-state index contributed by atoms with van der Waals surface area (Å²) in [6, 6.07) is 24.0. The van der Waals surface area contributed by atoms with Crippen molar-refractivity contribution in [2.75, 3.05) is 13.1 Å². The van der Waals surface area contributed by atoms with E-state index in [9.17, 15) is 0 Å². The average Bonchev–Trinajstić information content (AvgIpc) is 3.97. The lowest BCUT2D eigenvalue weighted by Gasteiger charge is -2.20. The first-order chi connectivity index (χ1) is 24.5. The Morgan fingerprint density at radius 2 is 1.56 bits per heavy atom. The molecular formula is C45H41N5. The topological polar surface area (TPSA) is 63.1 Å².